The molecule has 19 heavy (non-hydrogen) atoms. The topological polar surface area (TPSA) is 46.2 Å². The fourth-order valence-electron chi connectivity index (χ4n) is 1.76. The molecule has 2 aromatic carbocycles. The average molecular weight is 275 g/mol. The first-order valence-corrected chi connectivity index (χ1v) is 7.86. The molecule has 0 fully saturated rings. The van der Waals surface area contributed by atoms with Crippen LogP contribution in [0.15, 0.2) is 60.7 Å². The Labute approximate surface area is 114 Å². The van der Waals surface area contributed by atoms with Gasteiger partial charge in [-0.05, 0) is 17.5 Å². The van der Waals surface area contributed by atoms with Crippen molar-refractivity contribution < 1.29 is 8.42 Å². The fourth-order valence-corrected chi connectivity index (χ4v) is 2.79. The SMILES string of the molecule is O=S(=O)(CCc1ccccc1)NCc1ccccc1. The van der Waals surface area contributed by atoms with E-state index in [4.69, 9.17) is 0 Å². The Bertz CT molecular complexity index is 545. The van der Waals surface area contributed by atoms with Crippen LogP contribution in [0, 0.1) is 0 Å². The Kier molecular flexibility index (Phi) is 4.71. The van der Waals surface area contributed by atoms with Crippen molar-refractivity contribution in [2.45, 2.75) is 13.0 Å². The summed E-state index contributed by atoms with van der Waals surface area (Å²) in [7, 11) is -3.23. The van der Waals surface area contributed by atoms with E-state index in [2.05, 4.69) is 4.72 Å². The first-order valence-electron chi connectivity index (χ1n) is 6.21. The van der Waals surface area contributed by atoms with E-state index in [0.29, 0.717) is 13.0 Å². The lowest BCUT2D eigenvalue weighted by molar-refractivity contribution is 0.580. The number of aryl methyl sites for hydroxylation is 1. The molecule has 0 saturated heterocycles. The standard InChI is InChI=1S/C15H17NO2S/c17-19(18,12-11-14-7-3-1-4-8-14)16-13-15-9-5-2-6-10-15/h1-10,16H,11-13H2. The summed E-state index contributed by atoms with van der Waals surface area (Å²) in [5.74, 6) is 0.115. The molecule has 0 spiro atoms. The highest BCUT2D eigenvalue weighted by Crippen LogP contribution is 2.03. The number of hydrogen-bond donors (Lipinski definition) is 1. The van der Waals surface area contributed by atoms with Gasteiger partial charge in [-0.3, -0.25) is 0 Å². The predicted molar refractivity (Wildman–Crippen MR) is 77.2 cm³/mol. The van der Waals surface area contributed by atoms with E-state index in [9.17, 15) is 8.42 Å². The summed E-state index contributed by atoms with van der Waals surface area (Å²) in [5, 5.41) is 0. The van der Waals surface area contributed by atoms with Gasteiger partial charge in [0.05, 0.1) is 5.75 Å². The second kappa shape index (κ2) is 6.50. The van der Waals surface area contributed by atoms with Gasteiger partial charge in [0, 0.05) is 6.54 Å². The van der Waals surface area contributed by atoms with E-state index < -0.39 is 10.0 Å². The van der Waals surface area contributed by atoms with Gasteiger partial charge in [-0.15, -0.1) is 0 Å². The zero-order chi connectivity index (χ0) is 13.6. The molecule has 2 aromatic rings. The van der Waals surface area contributed by atoms with Crippen LogP contribution in [0.2, 0.25) is 0 Å². The van der Waals surface area contributed by atoms with Crippen molar-refractivity contribution >= 4 is 10.0 Å². The summed E-state index contributed by atoms with van der Waals surface area (Å²) >= 11 is 0. The van der Waals surface area contributed by atoms with Gasteiger partial charge in [-0.1, -0.05) is 60.7 Å². The van der Waals surface area contributed by atoms with Crippen LogP contribution in [-0.4, -0.2) is 14.2 Å². The molecule has 0 aromatic heterocycles. The van der Waals surface area contributed by atoms with Crippen molar-refractivity contribution in [2.75, 3.05) is 5.75 Å². The minimum absolute atomic E-state index is 0.115. The maximum Gasteiger partial charge on any atom is 0.212 e. The molecule has 0 bridgehead atoms. The van der Waals surface area contributed by atoms with Gasteiger partial charge < -0.3 is 0 Å². The number of benzene rings is 2. The van der Waals surface area contributed by atoms with Crippen molar-refractivity contribution in [3.63, 3.8) is 0 Å². The third-order valence-electron chi connectivity index (χ3n) is 2.84. The van der Waals surface area contributed by atoms with Crippen molar-refractivity contribution in [3.8, 4) is 0 Å². The van der Waals surface area contributed by atoms with Crippen molar-refractivity contribution in [3.05, 3.63) is 71.8 Å². The molecule has 3 nitrogen and oxygen atoms in total. The van der Waals surface area contributed by atoms with E-state index in [0.717, 1.165) is 11.1 Å². The lowest BCUT2D eigenvalue weighted by Crippen LogP contribution is -2.26. The summed E-state index contributed by atoms with van der Waals surface area (Å²) < 4.78 is 26.3. The zero-order valence-electron chi connectivity index (χ0n) is 10.6. The third-order valence-corrected chi connectivity index (χ3v) is 4.17. The smallest absolute Gasteiger partial charge is 0.212 e. The third kappa shape index (κ3) is 4.85. The molecule has 0 aliphatic heterocycles. The number of hydrogen-bond acceptors (Lipinski definition) is 2. The monoisotopic (exact) mass is 275 g/mol. The Hall–Kier alpha value is -1.65. The highest BCUT2D eigenvalue weighted by molar-refractivity contribution is 7.89. The van der Waals surface area contributed by atoms with Gasteiger partial charge in [0.15, 0.2) is 0 Å². The molecule has 0 heterocycles. The Morgan fingerprint density at radius 1 is 0.789 bits per heavy atom. The molecular weight excluding hydrogens is 258 g/mol. The first kappa shape index (κ1) is 13.8. The molecule has 0 aliphatic carbocycles. The molecule has 1 N–H and O–H groups in total. The molecule has 0 unspecified atom stereocenters. The molecule has 100 valence electrons. The van der Waals surface area contributed by atoms with E-state index >= 15 is 0 Å². The number of sulfonamides is 1. The van der Waals surface area contributed by atoms with Crippen LogP contribution in [-0.2, 0) is 23.0 Å². The van der Waals surface area contributed by atoms with Crippen LogP contribution in [0.4, 0.5) is 0 Å². The van der Waals surface area contributed by atoms with Gasteiger partial charge in [-0.2, -0.15) is 0 Å². The highest BCUT2D eigenvalue weighted by Gasteiger charge is 2.09. The Morgan fingerprint density at radius 3 is 1.89 bits per heavy atom. The molecule has 2 rings (SSSR count). The number of rotatable bonds is 6. The first-order chi connectivity index (χ1) is 9.16. The molecular formula is C15H17NO2S. The van der Waals surface area contributed by atoms with E-state index in [1.54, 1.807) is 0 Å². The van der Waals surface area contributed by atoms with Crippen LogP contribution < -0.4 is 4.72 Å². The van der Waals surface area contributed by atoms with E-state index in [1.165, 1.54) is 0 Å². The van der Waals surface area contributed by atoms with Gasteiger partial charge in [0.25, 0.3) is 0 Å². The van der Waals surface area contributed by atoms with Gasteiger partial charge >= 0.3 is 0 Å². The zero-order valence-corrected chi connectivity index (χ0v) is 11.4. The van der Waals surface area contributed by atoms with E-state index in [1.807, 2.05) is 60.7 Å². The summed E-state index contributed by atoms with van der Waals surface area (Å²) in [6.07, 6.45) is 0.533. The Morgan fingerprint density at radius 2 is 1.32 bits per heavy atom. The Balaban J connectivity index is 1.86. The second-order valence-electron chi connectivity index (χ2n) is 4.36. The molecule has 0 amide bonds. The molecule has 4 heteroatoms. The maximum atomic E-state index is 11.9. The summed E-state index contributed by atoms with van der Waals surface area (Å²) in [4.78, 5) is 0. The van der Waals surface area contributed by atoms with Crippen LogP contribution in [0.3, 0.4) is 0 Å². The van der Waals surface area contributed by atoms with Crippen LogP contribution in [0.5, 0.6) is 0 Å². The van der Waals surface area contributed by atoms with Gasteiger partial charge in [0.2, 0.25) is 10.0 Å². The predicted octanol–water partition coefficient (Wildman–Crippen LogP) is 2.35. The average Bonchev–Trinajstić information content (AvgIpc) is 2.46. The quantitative estimate of drug-likeness (QED) is 0.879. The lowest BCUT2D eigenvalue weighted by atomic mass is 10.2. The largest absolute Gasteiger partial charge is 0.212 e. The van der Waals surface area contributed by atoms with Crippen molar-refractivity contribution in [2.24, 2.45) is 0 Å². The lowest BCUT2D eigenvalue weighted by Gasteiger charge is -2.06. The van der Waals surface area contributed by atoms with Gasteiger partial charge in [-0.25, -0.2) is 13.1 Å². The second-order valence-corrected chi connectivity index (χ2v) is 6.29. The summed E-state index contributed by atoms with van der Waals surface area (Å²) in [6.45, 7) is 0.345. The molecule has 0 aliphatic rings. The summed E-state index contributed by atoms with van der Waals surface area (Å²) in [5.41, 5.74) is 2.00. The highest BCUT2D eigenvalue weighted by atomic mass is 32.2. The van der Waals surface area contributed by atoms with Crippen molar-refractivity contribution in [1.82, 2.24) is 4.72 Å². The minimum atomic E-state index is -3.23. The van der Waals surface area contributed by atoms with Crippen LogP contribution in [0.1, 0.15) is 11.1 Å². The normalized spacial score (nSPS) is 11.4. The molecule has 0 saturated carbocycles. The number of nitrogens with one attached hydrogen (secondary N) is 1. The van der Waals surface area contributed by atoms with Gasteiger partial charge in [0.1, 0.15) is 0 Å². The van der Waals surface area contributed by atoms with Crippen LogP contribution >= 0.6 is 0 Å². The summed E-state index contributed by atoms with van der Waals surface area (Å²) in [6, 6.07) is 19.1. The van der Waals surface area contributed by atoms with Crippen molar-refractivity contribution in [1.29, 1.82) is 0 Å². The van der Waals surface area contributed by atoms with Crippen LogP contribution in [0.25, 0.3) is 0 Å². The maximum absolute atomic E-state index is 11.9. The van der Waals surface area contributed by atoms with E-state index in [-0.39, 0.29) is 5.75 Å². The fraction of sp³-hybridized carbons (Fsp3) is 0.200. The minimum Gasteiger partial charge on any atom is -0.212 e. The molecule has 0 radical (unpaired) electrons. The molecule has 0 atom stereocenters.